The Kier molecular flexibility index (Phi) is 13.9. The summed E-state index contributed by atoms with van der Waals surface area (Å²) in [5, 5.41) is 64.7. The molecule has 238 valence electrons. The molecule has 0 aliphatic heterocycles. The minimum absolute atomic E-state index is 0.395. The number of nitrogens with zero attached hydrogens (tertiary/aromatic N) is 1. The molecule has 0 aromatic carbocycles. The average Bonchev–Trinajstić information content (AvgIpc) is 3.31. The smallest absolute Gasteiger partial charge is 0.341 e. The summed E-state index contributed by atoms with van der Waals surface area (Å²) in [6, 6.07) is 0.912. The largest absolute Gasteiger partial charge is 0.460 e. The van der Waals surface area contributed by atoms with E-state index < -0.39 is 142 Å². The van der Waals surface area contributed by atoms with Crippen molar-refractivity contribution in [1.29, 1.82) is 0 Å². The first-order chi connectivity index (χ1) is 20.5. The highest BCUT2D eigenvalue weighted by Gasteiger charge is 2.34. The lowest BCUT2D eigenvalue weighted by Crippen LogP contribution is -2.24. The Morgan fingerprint density at radius 3 is 1.63 bits per heavy atom. The number of ether oxygens (including phenoxy) is 5. The van der Waals surface area contributed by atoms with Crippen molar-refractivity contribution in [3.63, 3.8) is 0 Å². The van der Waals surface area contributed by atoms with Gasteiger partial charge in [-0.2, -0.15) is 0 Å². The van der Waals surface area contributed by atoms with Gasteiger partial charge in [-0.3, -0.25) is 14.0 Å². The summed E-state index contributed by atoms with van der Waals surface area (Å²) in [6.07, 6.45) is -3.80. The van der Waals surface area contributed by atoms with E-state index in [1.165, 1.54) is 0 Å². The van der Waals surface area contributed by atoms with Gasteiger partial charge >= 0.3 is 29.8 Å². The van der Waals surface area contributed by atoms with Gasteiger partial charge < -0.3 is 59.4 Å². The SMILES string of the molecule is O=C(CC(O)CO)Oc1cc2c(C(=O)OCCO)c(C(=O)OCCO)c(C(=O)OCCO)cn2c1OC(=O)CC(O)CO. The fourth-order valence-corrected chi connectivity index (χ4v) is 3.47. The molecular weight excluding hydrogens is 586 g/mol. The molecule has 2 rings (SSSR count). The summed E-state index contributed by atoms with van der Waals surface area (Å²) < 4.78 is 26.0. The van der Waals surface area contributed by atoms with Crippen LogP contribution in [-0.4, -0.2) is 135 Å². The third-order valence-electron chi connectivity index (χ3n) is 5.25. The number of hydrogen-bond acceptors (Lipinski definition) is 17. The molecule has 2 heterocycles. The monoisotopic (exact) mass is 617 g/mol. The molecule has 18 nitrogen and oxygen atoms in total. The highest BCUT2D eigenvalue weighted by Crippen LogP contribution is 2.37. The van der Waals surface area contributed by atoms with Crippen LogP contribution in [0.2, 0.25) is 0 Å². The number of aliphatic hydroxyl groups is 7. The number of rotatable bonds is 17. The Morgan fingerprint density at radius 2 is 1.14 bits per heavy atom. The average molecular weight is 618 g/mol. The number of carbonyl (C=O) groups excluding carboxylic acids is 5. The summed E-state index contributed by atoms with van der Waals surface area (Å²) in [5.74, 6) is -7.64. The van der Waals surface area contributed by atoms with Gasteiger partial charge in [-0.05, 0) is 0 Å². The zero-order valence-electron chi connectivity index (χ0n) is 22.5. The van der Waals surface area contributed by atoms with Crippen LogP contribution >= 0.6 is 0 Å². The van der Waals surface area contributed by atoms with E-state index in [-0.39, 0.29) is 0 Å². The molecule has 2 atom stereocenters. The van der Waals surface area contributed by atoms with E-state index in [4.69, 9.17) is 49.2 Å². The third kappa shape index (κ3) is 9.41. The van der Waals surface area contributed by atoms with Crippen LogP contribution in [-0.2, 0) is 23.8 Å². The Labute approximate surface area is 242 Å². The zero-order valence-corrected chi connectivity index (χ0v) is 22.5. The highest BCUT2D eigenvalue weighted by molar-refractivity contribution is 6.14. The number of carbonyl (C=O) groups is 5. The van der Waals surface area contributed by atoms with Crippen LogP contribution in [0.5, 0.6) is 11.6 Å². The normalized spacial score (nSPS) is 12.3. The van der Waals surface area contributed by atoms with Gasteiger partial charge in [-0.1, -0.05) is 0 Å². The van der Waals surface area contributed by atoms with Crippen LogP contribution in [0.4, 0.5) is 0 Å². The van der Waals surface area contributed by atoms with Gasteiger partial charge in [-0.25, -0.2) is 14.4 Å². The number of hydrogen-bond donors (Lipinski definition) is 7. The Balaban J connectivity index is 2.94. The van der Waals surface area contributed by atoms with Crippen molar-refractivity contribution in [3.05, 3.63) is 29.0 Å². The number of esters is 5. The molecule has 0 spiro atoms. The second kappa shape index (κ2) is 17.1. The molecule has 0 fully saturated rings. The maximum atomic E-state index is 13.2. The first kappa shape index (κ1) is 35.0. The minimum Gasteiger partial charge on any atom is -0.460 e. The van der Waals surface area contributed by atoms with Crippen molar-refractivity contribution < 1.29 is 83.4 Å². The zero-order chi connectivity index (χ0) is 32.1. The van der Waals surface area contributed by atoms with Crippen molar-refractivity contribution in [2.24, 2.45) is 0 Å². The predicted octanol–water partition coefficient (Wildman–Crippen LogP) is -3.32. The van der Waals surface area contributed by atoms with Crippen molar-refractivity contribution in [2.75, 3.05) is 52.9 Å². The van der Waals surface area contributed by atoms with Gasteiger partial charge in [0.05, 0.1) is 80.3 Å². The van der Waals surface area contributed by atoms with Crippen molar-refractivity contribution in [3.8, 4) is 11.6 Å². The molecule has 0 radical (unpaired) electrons. The summed E-state index contributed by atoms with van der Waals surface area (Å²) in [4.78, 5) is 64.2. The molecule has 0 saturated heterocycles. The lowest BCUT2D eigenvalue weighted by molar-refractivity contribution is -0.140. The summed E-state index contributed by atoms with van der Waals surface area (Å²) in [6.45, 7) is -5.30. The van der Waals surface area contributed by atoms with Crippen molar-refractivity contribution in [1.82, 2.24) is 4.40 Å². The van der Waals surface area contributed by atoms with Crippen LogP contribution in [0.15, 0.2) is 12.3 Å². The van der Waals surface area contributed by atoms with E-state index >= 15 is 0 Å². The van der Waals surface area contributed by atoms with Crippen LogP contribution in [0.3, 0.4) is 0 Å². The van der Waals surface area contributed by atoms with E-state index in [1.807, 2.05) is 0 Å². The molecule has 0 aliphatic rings. The molecule has 2 aromatic rings. The molecule has 0 bridgehead atoms. The summed E-state index contributed by atoms with van der Waals surface area (Å²) in [7, 11) is 0. The lowest BCUT2D eigenvalue weighted by Gasteiger charge is -2.16. The van der Waals surface area contributed by atoms with Crippen molar-refractivity contribution >= 4 is 35.4 Å². The number of aromatic nitrogens is 1. The number of fused-ring (bicyclic) bond motifs is 1. The predicted molar refractivity (Wildman–Crippen MR) is 136 cm³/mol. The molecule has 2 unspecified atom stereocenters. The van der Waals surface area contributed by atoms with Gasteiger partial charge in [0.1, 0.15) is 19.8 Å². The molecule has 7 N–H and O–H groups in total. The van der Waals surface area contributed by atoms with E-state index in [1.54, 1.807) is 0 Å². The van der Waals surface area contributed by atoms with Gasteiger partial charge in [0, 0.05) is 12.3 Å². The molecule has 43 heavy (non-hydrogen) atoms. The summed E-state index contributed by atoms with van der Waals surface area (Å²) in [5.41, 5.74) is -2.61. The van der Waals surface area contributed by atoms with Gasteiger partial charge in [-0.15, -0.1) is 0 Å². The number of pyridine rings is 1. The van der Waals surface area contributed by atoms with Gasteiger partial charge in [0.2, 0.25) is 0 Å². The first-order valence-electron chi connectivity index (χ1n) is 12.6. The molecule has 0 amide bonds. The molecule has 0 aliphatic carbocycles. The van der Waals surface area contributed by atoms with Crippen molar-refractivity contribution in [2.45, 2.75) is 25.0 Å². The quantitative estimate of drug-likeness (QED) is 0.0675. The van der Waals surface area contributed by atoms with E-state index in [0.717, 1.165) is 16.7 Å². The Morgan fingerprint density at radius 1 is 0.674 bits per heavy atom. The maximum Gasteiger partial charge on any atom is 0.341 e. The van der Waals surface area contributed by atoms with Crippen LogP contribution in [0.25, 0.3) is 5.52 Å². The molecular formula is C25H31NO17. The lowest BCUT2D eigenvalue weighted by atomic mass is 10.0. The highest BCUT2D eigenvalue weighted by atomic mass is 16.6. The second-order valence-corrected chi connectivity index (χ2v) is 8.47. The molecule has 2 aromatic heterocycles. The number of aliphatic hydroxyl groups excluding tert-OH is 7. The molecule has 0 saturated carbocycles. The Hall–Kier alpha value is -4.17. The van der Waals surface area contributed by atoms with Gasteiger partial charge in [0.15, 0.2) is 5.75 Å². The fourth-order valence-electron chi connectivity index (χ4n) is 3.47. The maximum absolute atomic E-state index is 13.2. The standard InChI is InChI=1S/C25H31NO17/c27-1-4-39-23(36)15-10-26-16(21(25(38)41-6-3-29)20(15)24(37)40-5-2-28)9-17(42-18(34)7-13(32)11-30)22(26)43-19(35)8-14(33)12-31/h9-10,13-14,27-33H,1-8,11-12H2. The van der Waals surface area contributed by atoms with Crippen LogP contribution < -0.4 is 9.47 Å². The third-order valence-corrected chi connectivity index (χ3v) is 5.25. The van der Waals surface area contributed by atoms with Crippen LogP contribution in [0.1, 0.15) is 43.9 Å². The minimum atomic E-state index is -1.56. The van der Waals surface area contributed by atoms with E-state index in [9.17, 15) is 34.2 Å². The second-order valence-electron chi connectivity index (χ2n) is 8.47. The topological polar surface area (TPSA) is 278 Å². The van der Waals surface area contributed by atoms with Crippen LogP contribution in [0, 0.1) is 0 Å². The summed E-state index contributed by atoms with van der Waals surface area (Å²) >= 11 is 0. The molecule has 18 heteroatoms. The first-order valence-corrected chi connectivity index (χ1v) is 12.6. The fraction of sp³-hybridized carbons (Fsp3) is 0.480. The van der Waals surface area contributed by atoms with Gasteiger partial charge in [0.25, 0.3) is 5.88 Å². The Bertz CT molecular complexity index is 1300. The van der Waals surface area contributed by atoms with E-state index in [0.29, 0.717) is 0 Å². The van der Waals surface area contributed by atoms with E-state index in [2.05, 4.69) is 0 Å².